The van der Waals surface area contributed by atoms with Crippen LogP contribution >= 0.6 is 0 Å². The summed E-state index contributed by atoms with van der Waals surface area (Å²) in [5.41, 5.74) is 7.23. The summed E-state index contributed by atoms with van der Waals surface area (Å²) >= 11 is 0. The monoisotopic (exact) mass is 658 g/mol. The highest BCUT2D eigenvalue weighted by molar-refractivity contribution is 6.26. The first-order chi connectivity index (χ1) is 29.4. The third-order valence-corrected chi connectivity index (χ3v) is 9.60. The van der Waals surface area contributed by atoms with E-state index in [4.69, 9.17) is 18.1 Å². The van der Waals surface area contributed by atoms with Gasteiger partial charge in [-0.2, -0.15) is 0 Å². The molecule has 0 N–H and O–H groups in total. The van der Waals surface area contributed by atoms with Crippen LogP contribution in [0.5, 0.6) is 0 Å². The second-order valence-electron chi connectivity index (χ2n) is 12.5. The van der Waals surface area contributed by atoms with Crippen LogP contribution in [0.1, 0.15) is 13.7 Å². The number of furan rings is 1. The lowest BCUT2D eigenvalue weighted by atomic mass is 9.83. The molecule has 238 valence electrons. The topological polar surface area (TPSA) is 13.1 Å². The maximum Gasteiger partial charge on any atom is 0.136 e. The summed E-state index contributed by atoms with van der Waals surface area (Å²) in [4.78, 5) is 0. The Morgan fingerprint density at radius 3 is 1.49 bits per heavy atom. The van der Waals surface area contributed by atoms with E-state index in [2.05, 4.69) is 42.5 Å². The molecule has 0 saturated carbocycles. The molecule has 0 saturated heterocycles. The molecule has 10 rings (SSSR count). The fourth-order valence-corrected chi connectivity index (χ4v) is 7.42. The van der Waals surface area contributed by atoms with E-state index < -0.39 is 60.4 Å². The normalized spacial score (nSPS) is 14.3. The summed E-state index contributed by atoms with van der Waals surface area (Å²) in [6, 6.07) is 38.8. The largest absolute Gasteiger partial charge is 0.456 e. The first-order valence-corrected chi connectivity index (χ1v) is 16.7. The van der Waals surface area contributed by atoms with Gasteiger partial charge in [0.05, 0.1) is 13.7 Å². The average molecular weight is 659 g/mol. The van der Waals surface area contributed by atoms with E-state index in [0.29, 0.717) is 5.56 Å². The van der Waals surface area contributed by atoms with Crippen LogP contribution in [0.4, 0.5) is 0 Å². The van der Waals surface area contributed by atoms with E-state index in [0.717, 1.165) is 71.3 Å². The zero-order valence-electron chi connectivity index (χ0n) is 37.1. The summed E-state index contributed by atoms with van der Waals surface area (Å²) in [7, 11) is 0. The van der Waals surface area contributed by atoms with Crippen molar-refractivity contribution in [2.45, 2.75) is 0 Å². The van der Waals surface area contributed by atoms with E-state index in [1.807, 2.05) is 72.8 Å². The zero-order valence-corrected chi connectivity index (χ0v) is 27.1. The number of hydrogen-bond donors (Lipinski definition) is 0. The number of fused-ring (bicyclic) bond motifs is 5. The molecule has 0 fully saturated rings. The summed E-state index contributed by atoms with van der Waals surface area (Å²) in [6.07, 6.45) is 0. The van der Waals surface area contributed by atoms with Crippen LogP contribution in [0.25, 0.3) is 99.1 Å². The molecular formula is C50H32O. The van der Waals surface area contributed by atoms with Crippen LogP contribution < -0.4 is 0 Å². The lowest BCUT2D eigenvalue weighted by Crippen LogP contribution is -1.92. The number of hydrogen-bond acceptors (Lipinski definition) is 1. The molecule has 0 aliphatic heterocycles. The van der Waals surface area contributed by atoms with Gasteiger partial charge < -0.3 is 4.42 Å². The Morgan fingerprint density at radius 1 is 0.333 bits per heavy atom. The lowest BCUT2D eigenvalue weighted by molar-refractivity contribution is 0.669. The van der Waals surface area contributed by atoms with E-state index in [9.17, 15) is 0 Å². The summed E-state index contributed by atoms with van der Waals surface area (Å²) in [5.74, 6) is 0. The number of benzene rings is 9. The molecule has 1 nitrogen and oxygen atoms in total. The van der Waals surface area contributed by atoms with Crippen molar-refractivity contribution in [3.05, 3.63) is 194 Å². The maximum atomic E-state index is 8.92. The molecule has 0 aliphatic rings. The molecule has 0 unspecified atom stereocenters. The van der Waals surface area contributed by atoms with Gasteiger partial charge in [-0.05, 0) is 114 Å². The second-order valence-corrected chi connectivity index (χ2v) is 12.5. The van der Waals surface area contributed by atoms with Crippen LogP contribution in [0, 0.1) is 0 Å². The first kappa shape index (κ1) is 20.7. The smallest absolute Gasteiger partial charge is 0.136 e. The lowest BCUT2D eigenvalue weighted by Gasteiger charge is -2.19. The first-order valence-electron chi connectivity index (χ1n) is 21.7. The summed E-state index contributed by atoms with van der Waals surface area (Å²) in [6.45, 7) is 0. The van der Waals surface area contributed by atoms with Gasteiger partial charge in [-0.3, -0.25) is 0 Å². The van der Waals surface area contributed by atoms with Crippen LogP contribution in [0.2, 0.25) is 0 Å². The van der Waals surface area contributed by atoms with Crippen molar-refractivity contribution in [2.24, 2.45) is 0 Å². The van der Waals surface area contributed by atoms with Gasteiger partial charge in [0.15, 0.2) is 0 Å². The quantitative estimate of drug-likeness (QED) is 0.168. The van der Waals surface area contributed by atoms with Crippen molar-refractivity contribution in [1.82, 2.24) is 0 Å². The molecule has 51 heavy (non-hydrogen) atoms. The summed E-state index contributed by atoms with van der Waals surface area (Å²) in [5, 5.41) is 5.45. The molecule has 1 heterocycles. The van der Waals surface area contributed by atoms with Gasteiger partial charge in [-0.15, -0.1) is 0 Å². The molecule has 0 radical (unpaired) electrons. The van der Waals surface area contributed by atoms with Crippen molar-refractivity contribution in [2.75, 3.05) is 0 Å². The van der Waals surface area contributed by atoms with Crippen molar-refractivity contribution >= 4 is 43.5 Å². The zero-order chi connectivity index (χ0) is 42.4. The molecule has 0 amide bonds. The van der Waals surface area contributed by atoms with E-state index in [1.165, 1.54) is 0 Å². The standard InChI is InChI=1S/C50H32O/c1-4-15-33(16-5-1)36-27-28-46-45(32-36)50-44(25-14-26-47(50)51-46)49-42-23-12-10-21-40(42)48(41-22-11-13-24-43(41)49)39-30-37(34-17-6-2-7-18-34)29-38(31-39)35-19-8-3-9-20-35/h1-32H/i2D,3D,6D,7D,8D,9D,17D,18D,19D,20D. The van der Waals surface area contributed by atoms with Crippen LogP contribution in [-0.4, -0.2) is 0 Å². The highest BCUT2D eigenvalue weighted by Gasteiger charge is 2.21. The van der Waals surface area contributed by atoms with Gasteiger partial charge in [-0.25, -0.2) is 0 Å². The minimum absolute atomic E-state index is 0.0694. The third-order valence-electron chi connectivity index (χ3n) is 9.60. The molecule has 0 atom stereocenters. The van der Waals surface area contributed by atoms with Crippen molar-refractivity contribution < 1.29 is 18.1 Å². The molecule has 1 heteroatoms. The second kappa shape index (κ2) is 12.0. The molecule has 0 spiro atoms. The van der Waals surface area contributed by atoms with Gasteiger partial charge in [0.1, 0.15) is 11.2 Å². The molecular weight excluding hydrogens is 617 g/mol. The minimum Gasteiger partial charge on any atom is -0.456 e. The molecule has 0 bridgehead atoms. The fraction of sp³-hybridized carbons (Fsp3) is 0. The van der Waals surface area contributed by atoms with Crippen molar-refractivity contribution in [3.63, 3.8) is 0 Å². The highest BCUT2D eigenvalue weighted by atomic mass is 16.3. The molecule has 0 aliphatic carbocycles. The molecule has 1 aromatic heterocycles. The minimum atomic E-state index is -0.537. The van der Waals surface area contributed by atoms with E-state index >= 15 is 0 Å². The predicted molar refractivity (Wildman–Crippen MR) is 216 cm³/mol. The fourth-order valence-electron chi connectivity index (χ4n) is 7.42. The van der Waals surface area contributed by atoms with Crippen LogP contribution in [0.15, 0.2) is 198 Å². The Kier molecular flexibility index (Phi) is 4.88. The molecule has 9 aromatic carbocycles. The summed E-state index contributed by atoms with van der Waals surface area (Å²) < 4.78 is 92.7. The van der Waals surface area contributed by atoms with E-state index in [-0.39, 0.29) is 22.3 Å². The van der Waals surface area contributed by atoms with Gasteiger partial charge in [0.2, 0.25) is 0 Å². The van der Waals surface area contributed by atoms with Gasteiger partial charge >= 0.3 is 0 Å². The number of rotatable bonds is 5. The third kappa shape index (κ3) is 4.94. The van der Waals surface area contributed by atoms with E-state index in [1.54, 1.807) is 18.2 Å². The average Bonchev–Trinajstić information content (AvgIpc) is 3.67. The van der Waals surface area contributed by atoms with Crippen molar-refractivity contribution in [3.8, 4) is 55.6 Å². The van der Waals surface area contributed by atoms with Crippen LogP contribution in [-0.2, 0) is 0 Å². The van der Waals surface area contributed by atoms with Crippen molar-refractivity contribution in [1.29, 1.82) is 0 Å². The van der Waals surface area contributed by atoms with Crippen LogP contribution in [0.3, 0.4) is 0 Å². The molecule has 10 aromatic rings. The Morgan fingerprint density at radius 2 is 0.882 bits per heavy atom. The SMILES string of the molecule is [2H]c1c([2H])c([2H])c(-c2cc(-c3c([2H])c([2H])c([2H])c([2H])c3[2H])cc(-c3c4ccccc4c(-c4cccc5oc6ccc(-c7ccccc7)cc6c45)c4ccccc34)c2)c([2H])c1[2H]. The Labute approximate surface area is 310 Å². The Balaban J connectivity index is 1.32. The highest BCUT2D eigenvalue weighted by Crippen LogP contribution is 2.48. The maximum absolute atomic E-state index is 8.92. The Bertz CT molecular complexity index is 3280. The van der Waals surface area contributed by atoms with Gasteiger partial charge in [0, 0.05) is 10.8 Å². The Hall–Kier alpha value is -6.70. The van der Waals surface area contributed by atoms with Gasteiger partial charge in [0.25, 0.3) is 0 Å². The predicted octanol–water partition coefficient (Wildman–Crippen LogP) is 14.2. The van der Waals surface area contributed by atoms with Gasteiger partial charge in [-0.1, -0.05) is 157 Å².